The van der Waals surface area contributed by atoms with Gasteiger partial charge in [0.1, 0.15) is 5.82 Å². The summed E-state index contributed by atoms with van der Waals surface area (Å²) in [7, 11) is 1.95. The fraction of sp³-hybridized carbons (Fsp3) is 0.333. The van der Waals surface area contributed by atoms with Gasteiger partial charge in [-0.1, -0.05) is 41.5 Å². The van der Waals surface area contributed by atoms with Gasteiger partial charge in [0.25, 0.3) is 0 Å². The van der Waals surface area contributed by atoms with Crippen LogP contribution >= 0.6 is 0 Å². The molecule has 2 aromatic rings. The highest BCUT2D eigenvalue weighted by Gasteiger charge is 2.12. The summed E-state index contributed by atoms with van der Waals surface area (Å²) in [4.78, 5) is 2.04. The van der Waals surface area contributed by atoms with Crippen molar-refractivity contribution in [1.82, 2.24) is 4.90 Å². The molecule has 0 radical (unpaired) electrons. The summed E-state index contributed by atoms with van der Waals surface area (Å²) in [6, 6.07) is 12.6. The largest absolute Gasteiger partial charge is 0.387 e. The van der Waals surface area contributed by atoms with Crippen LogP contribution in [-0.4, -0.2) is 23.6 Å². The minimum absolute atomic E-state index is 0.225. The molecule has 2 nitrogen and oxygen atoms in total. The van der Waals surface area contributed by atoms with Crippen LogP contribution in [0.1, 0.15) is 28.4 Å². The highest BCUT2D eigenvalue weighted by atomic mass is 19.1. The molecule has 0 saturated carbocycles. The van der Waals surface area contributed by atoms with Crippen LogP contribution in [-0.2, 0) is 6.54 Å². The number of aryl methyl sites for hydroxylation is 2. The van der Waals surface area contributed by atoms with Gasteiger partial charge in [-0.2, -0.15) is 0 Å². The van der Waals surface area contributed by atoms with Crippen molar-refractivity contribution in [1.29, 1.82) is 0 Å². The van der Waals surface area contributed by atoms with Crippen molar-refractivity contribution in [3.05, 3.63) is 70.5 Å². The summed E-state index contributed by atoms with van der Waals surface area (Å²) in [5.41, 5.74) is 4.29. The van der Waals surface area contributed by atoms with Crippen molar-refractivity contribution in [2.75, 3.05) is 13.6 Å². The molecule has 0 heterocycles. The van der Waals surface area contributed by atoms with Gasteiger partial charge in [0.15, 0.2) is 0 Å². The molecule has 0 spiro atoms. The van der Waals surface area contributed by atoms with Gasteiger partial charge in [0.2, 0.25) is 0 Å². The van der Waals surface area contributed by atoms with Gasteiger partial charge >= 0.3 is 0 Å². The Hall–Kier alpha value is -1.71. The summed E-state index contributed by atoms with van der Waals surface area (Å²) in [6.07, 6.45) is -0.519. The number of aliphatic hydroxyl groups excluding tert-OH is 1. The second-order valence-electron chi connectivity index (χ2n) is 5.76. The average Bonchev–Trinajstić information content (AvgIpc) is 2.40. The third kappa shape index (κ3) is 4.66. The monoisotopic (exact) mass is 287 g/mol. The lowest BCUT2D eigenvalue weighted by molar-refractivity contribution is 0.123. The molecule has 0 fully saturated rings. The van der Waals surface area contributed by atoms with Crippen molar-refractivity contribution < 1.29 is 9.50 Å². The first-order valence-electron chi connectivity index (χ1n) is 7.13. The van der Waals surface area contributed by atoms with Gasteiger partial charge in [-0.05, 0) is 44.2 Å². The van der Waals surface area contributed by atoms with Gasteiger partial charge in [-0.3, -0.25) is 4.90 Å². The standard InChI is InChI=1S/C18H22FNO/c1-13-8-14(2)10-16(9-13)18(21)12-20(3)11-15-4-6-17(19)7-5-15/h4-10,18,21H,11-12H2,1-3H3. The molecule has 0 saturated heterocycles. The van der Waals surface area contributed by atoms with E-state index in [-0.39, 0.29) is 5.82 Å². The van der Waals surface area contributed by atoms with Gasteiger partial charge in [0, 0.05) is 13.1 Å². The van der Waals surface area contributed by atoms with Crippen LogP contribution < -0.4 is 0 Å². The second-order valence-corrected chi connectivity index (χ2v) is 5.76. The minimum Gasteiger partial charge on any atom is -0.387 e. The molecule has 1 N–H and O–H groups in total. The topological polar surface area (TPSA) is 23.5 Å². The number of nitrogens with zero attached hydrogens (tertiary/aromatic N) is 1. The lowest BCUT2D eigenvalue weighted by Gasteiger charge is -2.21. The molecule has 0 amide bonds. The molecule has 1 atom stereocenters. The van der Waals surface area contributed by atoms with E-state index >= 15 is 0 Å². The number of rotatable bonds is 5. The zero-order valence-corrected chi connectivity index (χ0v) is 12.8. The zero-order valence-electron chi connectivity index (χ0n) is 12.8. The Balaban J connectivity index is 1.98. The summed E-state index contributed by atoms with van der Waals surface area (Å²) in [5.74, 6) is -0.225. The molecule has 0 aromatic heterocycles. The summed E-state index contributed by atoms with van der Waals surface area (Å²) in [5, 5.41) is 10.4. The third-order valence-electron chi connectivity index (χ3n) is 3.48. The Kier molecular flexibility index (Phi) is 5.10. The minimum atomic E-state index is -0.519. The molecular formula is C18H22FNO. The molecule has 3 heteroatoms. The smallest absolute Gasteiger partial charge is 0.123 e. The van der Waals surface area contributed by atoms with E-state index in [1.165, 1.54) is 12.1 Å². The Bertz CT molecular complexity index is 574. The SMILES string of the molecule is Cc1cc(C)cc(C(O)CN(C)Cc2ccc(F)cc2)c1. The second kappa shape index (κ2) is 6.83. The van der Waals surface area contributed by atoms with E-state index in [2.05, 4.69) is 6.07 Å². The lowest BCUT2D eigenvalue weighted by atomic mass is 10.0. The Morgan fingerprint density at radius 1 is 1.05 bits per heavy atom. The fourth-order valence-corrected chi connectivity index (χ4v) is 2.57. The van der Waals surface area contributed by atoms with Gasteiger partial charge < -0.3 is 5.11 Å². The van der Waals surface area contributed by atoms with Crippen LogP contribution in [0.2, 0.25) is 0 Å². The van der Waals surface area contributed by atoms with Crippen molar-refractivity contribution in [3.63, 3.8) is 0 Å². The maximum Gasteiger partial charge on any atom is 0.123 e. The summed E-state index contributed by atoms with van der Waals surface area (Å²) >= 11 is 0. The van der Waals surface area contributed by atoms with Gasteiger partial charge in [-0.15, -0.1) is 0 Å². The molecule has 21 heavy (non-hydrogen) atoms. The molecule has 112 valence electrons. The van der Waals surface area contributed by atoms with Crippen LogP contribution in [0.5, 0.6) is 0 Å². The highest BCUT2D eigenvalue weighted by Crippen LogP contribution is 2.18. The quantitative estimate of drug-likeness (QED) is 0.908. The molecule has 0 aliphatic rings. The number of hydrogen-bond donors (Lipinski definition) is 1. The van der Waals surface area contributed by atoms with Crippen molar-refractivity contribution in [3.8, 4) is 0 Å². The zero-order chi connectivity index (χ0) is 15.4. The van der Waals surface area contributed by atoms with Gasteiger partial charge in [0.05, 0.1) is 6.10 Å². The Morgan fingerprint density at radius 3 is 2.19 bits per heavy atom. The first kappa shape index (κ1) is 15.7. The van der Waals surface area contributed by atoms with Crippen LogP contribution in [0.25, 0.3) is 0 Å². The van der Waals surface area contributed by atoms with E-state index in [1.807, 2.05) is 37.9 Å². The van der Waals surface area contributed by atoms with E-state index in [1.54, 1.807) is 12.1 Å². The predicted octanol–water partition coefficient (Wildman–Crippen LogP) is 3.61. The molecule has 0 bridgehead atoms. The van der Waals surface area contributed by atoms with Gasteiger partial charge in [-0.25, -0.2) is 4.39 Å². The molecule has 0 aliphatic carbocycles. The Morgan fingerprint density at radius 2 is 1.62 bits per heavy atom. The average molecular weight is 287 g/mol. The number of benzene rings is 2. The first-order chi connectivity index (χ1) is 9.94. The van der Waals surface area contributed by atoms with E-state index < -0.39 is 6.10 Å². The third-order valence-corrected chi connectivity index (χ3v) is 3.48. The lowest BCUT2D eigenvalue weighted by Crippen LogP contribution is -2.24. The molecule has 1 unspecified atom stereocenters. The highest BCUT2D eigenvalue weighted by molar-refractivity contribution is 5.30. The van der Waals surface area contributed by atoms with Crippen LogP contribution in [0, 0.1) is 19.7 Å². The number of hydrogen-bond acceptors (Lipinski definition) is 2. The molecule has 2 rings (SSSR count). The molecule has 0 aliphatic heterocycles. The molecule has 2 aromatic carbocycles. The normalized spacial score (nSPS) is 12.7. The van der Waals surface area contributed by atoms with Crippen molar-refractivity contribution >= 4 is 0 Å². The van der Waals surface area contributed by atoms with Crippen LogP contribution in [0.4, 0.5) is 4.39 Å². The molecular weight excluding hydrogens is 265 g/mol. The summed E-state index contributed by atoms with van der Waals surface area (Å²) < 4.78 is 12.9. The number of halogens is 1. The van der Waals surface area contributed by atoms with Crippen LogP contribution in [0.3, 0.4) is 0 Å². The van der Waals surface area contributed by atoms with Crippen molar-refractivity contribution in [2.45, 2.75) is 26.5 Å². The number of likely N-dealkylation sites (N-methyl/N-ethyl adjacent to an activating group) is 1. The van der Waals surface area contributed by atoms with E-state index in [4.69, 9.17) is 0 Å². The fourth-order valence-electron chi connectivity index (χ4n) is 2.57. The maximum absolute atomic E-state index is 12.9. The van der Waals surface area contributed by atoms with Crippen LogP contribution in [0.15, 0.2) is 42.5 Å². The van der Waals surface area contributed by atoms with E-state index in [9.17, 15) is 9.50 Å². The Labute approximate surface area is 125 Å². The van der Waals surface area contributed by atoms with Crippen molar-refractivity contribution in [2.24, 2.45) is 0 Å². The first-order valence-corrected chi connectivity index (χ1v) is 7.13. The van der Waals surface area contributed by atoms with E-state index in [0.717, 1.165) is 22.3 Å². The maximum atomic E-state index is 12.9. The number of aliphatic hydroxyl groups is 1. The predicted molar refractivity (Wildman–Crippen MR) is 83.6 cm³/mol. The summed E-state index contributed by atoms with van der Waals surface area (Å²) in [6.45, 7) is 5.29. The van der Waals surface area contributed by atoms with E-state index in [0.29, 0.717) is 13.1 Å².